The van der Waals surface area contributed by atoms with Crippen molar-refractivity contribution in [2.24, 2.45) is 0 Å². The Balaban J connectivity index is 2.31. The fourth-order valence-electron chi connectivity index (χ4n) is 2.24. The molecule has 0 spiro atoms. The van der Waals surface area contributed by atoms with Gasteiger partial charge in [0.05, 0.1) is 5.41 Å². The number of rotatable bonds is 2. The number of hydrogen-bond acceptors (Lipinski definition) is 1. The van der Waals surface area contributed by atoms with Crippen LogP contribution >= 0.6 is 0 Å². The van der Waals surface area contributed by atoms with Gasteiger partial charge in [-0.25, -0.2) is 0 Å². The van der Waals surface area contributed by atoms with E-state index in [-0.39, 0.29) is 5.41 Å². The molecule has 0 amide bonds. The van der Waals surface area contributed by atoms with Gasteiger partial charge < -0.3 is 4.79 Å². The first-order valence-electron chi connectivity index (χ1n) is 5.30. The van der Waals surface area contributed by atoms with Gasteiger partial charge in [-0.2, -0.15) is 0 Å². The first-order valence-corrected chi connectivity index (χ1v) is 5.30. The predicted octanol–water partition coefficient (Wildman–Crippen LogP) is 3.07. The van der Waals surface area contributed by atoms with E-state index in [1.165, 1.54) is 16.3 Å². The molecular weight excluding hydrogens is 184 g/mol. The standard InChI is InChI=1S/C14H12O/c15-10-14(8-9-14)13-7-3-5-11-4-1-2-6-12(11)13/h1-7,10H,8-9H2. The summed E-state index contributed by atoms with van der Waals surface area (Å²) in [6.45, 7) is 0. The summed E-state index contributed by atoms with van der Waals surface area (Å²) in [6.07, 6.45) is 3.13. The largest absolute Gasteiger partial charge is 0.302 e. The summed E-state index contributed by atoms with van der Waals surface area (Å²) in [5.41, 5.74) is 1.04. The zero-order chi connectivity index (χ0) is 10.3. The number of fused-ring (bicyclic) bond motifs is 1. The van der Waals surface area contributed by atoms with Crippen LogP contribution in [0.15, 0.2) is 42.5 Å². The van der Waals surface area contributed by atoms with Gasteiger partial charge in [0.15, 0.2) is 0 Å². The summed E-state index contributed by atoms with van der Waals surface area (Å²) < 4.78 is 0. The molecular formula is C14H12O. The number of carbonyl (C=O) groups is 1. The summed E-state index contributed by atoms with van der Waals surface area (Å²) >= 11 is 0. The molecule has 1 nitrogen and oxygen atoms in total. The third-order valence-electron chi connectivity index (χ3n) is 3.34. The minimum absolute atomic E-state index is 0.166. The number of aldehydes is 1. The van der Waals surface area contributed by atoms with Crippen LogP contribution in [0.1, 0.15) is 18.4 Å². The number of carbonyl (C=O) groups excluding carboxylic acids is 1. The van der Waals surface area contributed by atoms with E-state index in [1.54, 1.807) is 0 Å². The maximum atomic E-state index is 11.1. The molecule has 74 valence electrons. The van der Waals surface area contributed by atoms with Gasteiger partial charge in [0.1, 0.15) is 6.29 Å². The topological polar surface area (TPSA) is 17.1 Å². The molecule has 2 aromatic carbocycles. The van der Waals surface area contributed by atoms with Gasteiger partial charge in [-0.05, 0) is 29.2 Å². The van der Waals surface area contributed by atoms with Crippen LogP contribution in [0.3, 0.4) is 0 Å². The quantitative estimate of drug-likeness (QED) is 0.674. The predicted molar refractivity (Wildman–Crippen MR) is 60.9 cm³/mol. The van der Waals surface area contributed by atoms with Crippen molar-refractivity contribution < 1.29 is 4.79 Å². The third-order valence-corrected chi connectivity index (χ3v) is 3.34. The highest BCUT2D eigenvalue weighted by molar-refractivity contribution is 5.91. The highest BCUT2D eigenvalue weighted by Crippen LogP contribution is 2.48. The summed E-state index contributed by atoms with van der Waals surface area (Å²) in [5.74, 6) is 0. The normalized spacial score (nSPS) is 17.6. The van der Waals surface area contributed by atoms with Crippen molar-refractivity contribution in [2.45, 2.75) is 18.3 Å². The van der Waals surface area contributed by atoms with Crippen molar-refractivity contribution in [3.8, 4) is 0 Å². The summed E-state index contributed by atoms with van der Waals surface area (Å²) in [7, 11) is 0. The molecule has 3 rings (SSSR count). The lowest BCUT2D eigenvalue weighted by Crippen LogP contribution is -2.08. The van der Waals surface area contributed by atoms with E-state index in [2.05, 4.69) is 24.3 Å². The van der Waals surface area contributed by atoms with Crippen LogP contribution in [0.5, 0.6) is 0 Å². The minimum atomic E-state index is -0.166. The lowest BCUT2D eigenvalue weighted by Gasteiger charge is -2.11. The number of hydrogen-bond donors (Lipinski definition) is 0. The monoisotopic (exact) mass is 196 g/mol. The molecule has 0 atom stereocenters. The minimum Gasteiger partial charge on any atom is -0.302 e. The van der Waals surface area contributed by atoms with Crippen LogP contribution in [0.4, 0.5) is 0 Å². The maximum absolute atomic E-state index is 11.1. The van der Waals surface area contributed by atoms with Crippen LogP contribution in [0.2, 0.25) is 0 Å². The van der Waals surface area contributed by atoms with E-state index in [4.69, 9.17) is 0 Å². The Morgan fingerprint density at radius 2 is 1.73 bits per heavy atom. The van der Waals surface area contributed by atoms with Crippen LogP contribution < -0.4 is 0 Å². The van der Waals surface area contributed by atoms with E-state index >= 15 is 0 Å². The summed E-state index contributed by atoms with van der Waals surface area (Å²) in [6, 6.07) is 14.5. The molecule has 0 aromatic heterocycles. The number of benzene rings is 2. The highest BCUT2D eigenvalue weighted by Gasteiger charge is 2.44. The molecule has 1 saturated carbocycles. The van der Waals surface area contributed by atoms with Crippen molar-refractivity contribution in [3.05, 3.63) is 48.0 Å². The zero-order valence-electron chi connectivity index (χ0n) is 8.44. The van der Waals surface area contributed by atoms with Gasteiger partial charge in [0.25, 0.3) is 0 Å². The van der Waals surface area contributed by atoms with Gasteiger partial charge in [0, 0.05) is 0 Å². The molecule has 1 fully saturated rings. The Kier molecular flexibility index (Phi) is 1.69. The van der Waals surface area contributed by atoms with Crippen molar-refractivity contribution in [1.82, 2.24) is 0 Å². The molecule has 0 unspecified atom stereocenters. The Bertz CT molecular complexity index is 518. The fraction of sp³-hybridized carbons (Fsp3) is 0.214. The van der Waals surface area contributed by atoms with E-state index in [0.29, 0.717) is 0 Å². The summed E-state index contributed by atoms with van der Waals surface area (Å²) in [4.78, 5) is 11.1. The van der Waals surface area contributed by atoms with Gasteiger partial charge in [-0.3, -0.25) is 0 Å². The molecule has 0 N–H and O–H groups in total. The lowest BCUT2D eigenvalue weighted by atomic mass is 9.92. The van der Waals surface area contributed by atoms with E-state index < -0.39 is 0 Å². The summed E-state index contributed by atoms with van der Waals surface area (Å²) in [5, 5.41) is 2.45. The van der Waals surface area contributed by atoms with Crippen molar-refractivity contribution in [3.63, 3.8) is 0 Å². The van der Waals surface area contributed by atoms with Crippen molar-refractivity contribution >= 4 is 17.1 Å². The van der Waals surface area contributed by atoms with Crippen LogP contribution in [-0.4, -0.2) is 6.29 Å². The second-order valence-corrected chi connectivity index (χ2v) is 4.30. The highest BCUT2D eigenvalue weighted by atomic mass is 16.1. The fourth-order valence-corrected chi connectivity index (χ4v) is 2.24. The average molecular weight is 196 g/mol. The molecule has 1 aliphatic carbocycles. The van der Waals surface area contributed by atoms with Crippen molar-refractivity contribution in [1.29, 1.82) is 0 Å². The van der Waals surface area contributed by atoms with Crippen LogP contribution in [0.25, 0.3) is 10.8 Å². The van der Waals surface area contributed by atoms with Gasteiger partial charge in [-0.15, -0.1) is 0 Å². The van der Waals surface area contributed by atoms with Gasteiger partial charge in [0.2, 0.25) is 0 Å². The van der Waals surface area contributed by atoms with Crippen LogP contribution in [-0.2, 0) is 10.2 Å². The molecule has 1 heteroatoms. The smallest absolute Gasteiger partial charge is 0.130 e. The Labute approximate surface area is 88.7 Å². The maximum Gasteiger partial charge on any atom is 0.130 e. The third kappa shape index (κ3) is 1.19. The molecule has 0 radical (unpaired) electrons. The van der Waals surface area contributed by atoms with Gasteiger partial charge in [-0.1, -0.05) is 42.5 Å². The molecule has 0 saturated heterocycles. The molecule has 1 aliphatic rings. The Morgan fingerprint density at radius 1 is 1.00 bits per heavy atom. The van der Waals surface area contributed by atoms with Gasteiger partial charge >= 0.3 is 0 Å². The zero-order valence-corrected chi connectivity index (χ0v) is 8.44. The molecule has 2 aromatic rings. The Morgan fingerprint density at radius 3 is 2.47 bits per heavy atom. The Hall–Kier alpha value is -1.63. The molecule has 0 bridgehead atoms. The second-order valence-electron chi connectivity index (χ2n) is 4.30. The van der Waals surface area contributed by atoms with E-state index in [9.17, 15) is 4.79 Å². The van der Waals surface area contributed by atoms with Crippen LogP contribution in [0, 0.1) is 0 Å². The lowest BCUT2D eigenvalue weighted by molar-refractivity contribution is -0.109. The van der Waals surface area contributed by atoms with E-state index in [1.807, 2.05) is 18.2 Å². The second kappa shape index (κ2) is 2.93. The van der Waals surface area contributed by atoms with E-state index in [0.717, 1.165) is 19.1 Å². The first-order chi connectivity index (χ1) is 7.36. The van der Waals surface area contributed by atoms with Crippen molar-refractivity contribution in [2.75, 3.05) is 0 Å². The first kappa shape index (κ1) is 8.66. The SMILES string of the molecule is O=CC1(c2cccc3ccccc23)CC1. The molecule has 15 heavy (non-hydrogen) atoms. The average Bonchev–Trinajstić information content (AvgIpc) is 3.09. The molecule has 0 heterocycles. The molecule has 0 aliphatic heterocycles.